The fraction of sp³-hybridized carbons (Fsp3) is 0.440. The maximum Gasteiger partial charge on any atom is 0.140 e. The summed E-state index contributed by atoms with van der Waals surface area (Å²) >= 11 is 1.80. The molecule has 1 aromatic carbocycles. The van der Waals surface area contributed by atoms with Crippen LogP contribution < -0.4 is 5.32 Å². The van der Waals surface area contributed by atoms with Gasteiger partial charge < -0.3 is 19.9 Å². The van der Waals surface area contributed by atoms with E-state index in [0.29, 0.717) is 6.04 Å². The van der Waals surface area contributed by atoms with Crippen molar-refractivity contribution in [2.75, 3.05) is 51.6 Å². The molecule has 33 heavy (non-hydrogen) atoms. The van der Waals surface area contributed by atoms with Gasteiger partial charge in [-0.15, -0.1) is 11.8 Å². The number of aromatic amines is 1. The van der Waals surface area contributed by atoms with Crippen LogP contribution in [0.25, 0.3) is 11.0 Å². The Bertz CT molecular complexity index is 1140. The molecule has 0 radical (unpaired) electrons. The van der Waals surface area contributed by atoms with E-state index in [1.54, 1.807) is 11.8 Å². The molecule has 0 saturated carbocycles. The molecule has 1 fully saturated rings. The lowest BCUT2D eigenvalue weighted by Crippen LogP contribution is -2.35. The summed E-state index contributed by atoms with van der Waals surface area (Å²) in [6.45, 7) is 7.37. The zero-order valence-electron chi connectivity index (χ0n) is 19.4. The van der Waals surface area contributed by atoms with Gasteiger partial charge in [0.15, 0.2) is 0 Å². The number of hydrogen-bond acceptors (Lipinski definition) is 7. The van der Waals surface area contributed by atoms with Crippen molar-refractivity contribution in [1.82, 2.24) is 19.8 Å². The molecule has 1 aliphatic carbocycles. The third-order valence-corrected chi connectivity index (χ3v) is 7.81. The van der Waals surface area contributed by atoms with Gasteiger partial charge in [0, 0.05) is 46.7 Å². The van der Waals surface area contributed by atoms with Crippen LogP contribution in [0.15, 0.2) is 40.2 Å². The van der Waals surface area contributed by atoms with Crippen molar-refractivity contribution in [3.05, 3.63) is 41.6 Å². The molecular formula is C25H32N6OS. The lowest BCUT2D eigenvalue weighted by atomic mass is 9.91. The highest BCUT2D eigenvalue weighted by atomic mass is 32.2. The Balaban J connectivity index is 1.30. The monoisotopic (exact) mass is 464 g/mol. The Morgan fingerprint density at radius 1 is 1.27 bits per heavy atom. The van der Waals surface area contributed by atoms with E-state index >= 15 is 0 Å². The molecule has 2 N–H and O–H groups in total. The molecule has 3 aromatic rings. The molecule has 2 aromatic heterocycles. The van der Waals surface area contributed by atoms with Crippen LogP contribution in [0, 0.1) is 0 Å². The quantitative estimate of drug-likeness (QED) is 0.398. The van der Waals surface area contributed by atoms with Gasteiger partial charge >= 0.3 is 0 Å². The van der Waals surface area contributed by atoms with Crippen LogP contribution in [0.5, 0.6) is 0 Å². The largest absolute Gasteiger partial charge is 0.379 e. The fourth-order valence-electron chi connectivity index (χ4n) is 4.66. The first kappa shape index (κ1) is 22.4. The molecule has 3 heterocycles. The number of nitrogens with one attached hydrogen (secondary N) is 2. The highest BCUT2D eigenvalue weighted by Gasteiger charge is 2.24. The number of aliphatic imine (C=N–C) groups is 1. The van der Waals surface area contributed by atoms with Crippen LogP contribution in [0.4, 0.5) is 17.2 Å². The smallest absolute Gasteiger partial charge is 0.140 e. The first-order valence-corrected chi connectivity index (χ1v) is 12.6. The first-order valence-electron chi connectivity index (χ1n) is 11.6. The number of thioether (sulfide) groups is 1. The van der Waals surface area contributed by atoms with Crippen LogP contribution >= 0.6 is 11.8 Å². The van der Waals surface area contributed by atoms with Gasteiger partial charge in [0.25, 0.3) is 0 Å². The van der Waals surface area contributed by atoms with E-state index in [0.717, 1.165) is 72.8 Å². The van der Waals surface area contributed by atoms with Crippen LogP contribution in [0.2, 0.25) is 0 Å². The number of hydrogen-bond donors (Lipinski definition) is 2. The van der Waals surface area contributed by atoms with Gasteiger partial charge in [-0.2, -0.15) is 0 Å². The van der Waals surface area contributed by atoms with Crippen molar-refractivity contribution >= 4 is 46.7 Å². The summed E-state index contributed by atoms with van der Waals surface area (Å²) < 4.78 is 5.44. The van der Waals surface area contributed by atoms with E-state index in [2.05, 4.69) is 70.2 Å². The summed E-state index contributed by atoms with van der Waals surface area (Å²) in [6, 6.07) is 11.1. The van der Waals surface area contributed by atoms with E-state index in [4.69, 9.17) is 9.72 Å². The maximum absolute atomic E-state index is 5.44. The van der Waals surface area contributed by atoms with Crippen molar-refractivity contribution in [2.24, 2.45) is 4.99 Å². The molecule has 2 aliphatic rings. The minimum Gasteiger partial charge on any atom is -0.379 e. The van der Waals surface area contributed by atoms with Crippen LogP contribution in [-0.2, 0) is 17.6 Å². The van der Waals surface area contributed by atoms with Crippen molar-refractivity contribution < 1.29 is 4.74 Å². The lowest BCUT2D eigenvalue weighted by molar-refractivity contribution is 0.0474. The second-order valence-electron chi connectivity index (χ2n) is 9.00. The third-order valence-electron chi connectivity index (χ3n) is 6.66. The number of likely N-dealkylation sites (N-methyl/N-ethyl adjacent to an activating group) is 1. The molecule has 174 valence electrons. The van der Waals surface area contributed by atoms with Crippen molar-refractivity contribution in [2.45, 2.75) is 30.2 Å². The molecule has 0 amide bonds. The lowest BCUT2D eigenvalue weighted by Gasteiger charge is -2.28. The van der Waals surface area contributed by atoms with E-state index in [9.17, 15) is 0 Å². The Kier molecular flexibility index (Phi) is 6.69. The van der Waals surface area contributed by atoms with Gasteiger partial charge in [-0.05, 0) is 76.0 Å². The number of ether oxygens (including phenoxy) is 1. The number of H-pyrrole nitrogens is 1. The fourth-order valence-corrected chi connectivity index (χ4v) is 5.68. The molecular weight excluding hydrogens is 432 g/mol. The van der Waals surface area contributed by atoms with Crippen LogP contribution in [0.3, 0.4) is 0 Å². The van der Waals surface area contributed by atoms with Gasteiger partial charge in [-0.1, -0.05) is 0 Å². The Morgan fingerprint density at radius 3 is 2.91 bits per heavy atom. The summed E-state index contributed by atoms with van der Waals surface area (Å²) in [5, 5.41) is 4.69. The predicted octanol–water partition coefficient (Wildman–Crippen LogP) is 4.44. The SMILES string of the molecule is C=Nc1cc(Nc2ccc3c4c([nH]c3n2)CCC(N(C)C)C4)ccc1SCN1CCOCC1. The number of pyridine rings is 1. The van der Waals surface area contributed by atoms with Crippen molar-refractivity contribution in [1.29, 1.82) is 0 Å². The second-order valence-corrected chi connectivity index (χ2v) is 9.99. The van der Waals surface area contributed by atoms with Gasteiger partial charge in [0.05, 0.1) is 18.9 Å². The zero-order chi connectivity index (χ0) is 22.8. The Hall–Kier alpha value is -2.39. The third kappa shape index (κ3) is 4.94. The molecule has 1 unspecified atom stereocenters. The number of aryl methyl sites for hydroxylation is 1. The van der Waals surface area contributed by atoms with Gasteiger partial charge in [0.1, 0.15) is 11.5 Å². The molecule has 0 bridgehead atoms. The van der Waals surface area contributed by atoms with E-state index in [1.165, 1.54) is 23.1 Å². The molecule has 0 spiro atoms. The molecule has 7 nitrogen and oxygen atoms in total. The number of aromatic nitrogens is 2. The molecule has 1 aliphatic heterocycles. The molecule has 8 heteroatoms. The van der Waals surface area contributed by atoms with E-state index in [1.807, 2.05) is 6.07 Å². The first-order chi connectivity index (χ1) is 16.1. The average Bonchev–Trinajstić information content (AvgIpc) is 3.20. The number of fused-ring (bicyclic) bond motifs is 3. The van der Waals surface area contributed by atoms with Crippen molar-refractivity contribution in [3.63, 3.8) is 0 Å². The second kappa shape index (κ2) is 9.85. The Morgan fingerprint density at radius 2 is 2.12 bits per heavy atom. The highest BCUT2D eigenvalue weighted by molar-refractivity contribution is 7.99. The molecule has 5 rings (SSSR count). The number of morpholine rings is 1. The Labute approximate surface area is 199 Å². The summed E-state index contributed by atoms with van der Waals surface area (Å²) in [7, 11) is 4.34. The summed E-state index contributed by atoms with van der Waals surface area (Å²) in [4.78, 5) is 18.6. The minimum absolute atomic E-state index is 0.596. The van der Waals surface area contributed by atoms with E-state index in [-0.39, 0.29) is 0 Å². The summed E-state index contributed by atoms with van der Waals surface area (Å²) in [6.07, 6.45) is 3.34. The van der Waals surface area contributed by atoms with Gasteiger partial charge in [-0.3, -0.25) is 9.89 Å². The van der Waals surface area contributed by atoms with Gasteiger partial charge in [0.2, 0.25) is 0 Å². The highest BCUT2D eigenvalue weighted by Crippen LogP contribution is 2.34. The minimum atomic E-state index is 0.596. The summed E-state index contributed by atoms with van der Waals surface area (Å²) in [5.74, 6) is 1.76. The zero-order valence-corrected chi connectivity index (χ0v) is 20.2. The van der Waals surface area contributed by atoms with Gasteiger partial charge in [-0.25, -0.2) is 4.98 Å². The van der Waals surface area contributed by atoms with Crippen LogP contribution in [0.1, 0.15) is 17.7 Å². The summed E-state index contributed by atoms with van der Waals surface area (Å²) in [5.41, 5.74) is 5.58. The standard InChI is InChI=1S/C25H32N6OS/c1-26-22-14-17(4-8-23(22)33-16-31-10-12-32-13-11-31)27-24-9-6-19-20-15-18(30(2)3)5-7-21(20)28-25(19)29-24/h4,6,8-9,14,18H,1,5,7,10-13,15-16H2,2-3H3,(H2,27,28,29). The number of anilines is 2. The maximum atomic E-state index is 5.44. The number of nitrogens with zero attached hydrogens (tertiary/aromatic N) is 4. The number of benzene rings is 1. The average molecular weight is 465 g/mol. The molecule has 1 atom stereocenters. The van der Waals surface area contributed by atoms with Crippen molar-refractivity contribution in [3.8, 4) is 0 Å². The normalized spacial score (nSPS) is 19.1. The number of rotatable bonds is 7. The predicted molar refractivity (Wildman–Crippen MR) is 138 cm³/mol. The molecule has 1 saturated heterocycles. The topological polar surface area (TPSA) is 68.8 Å². The van der Waals surface area contributed by atoms with Crippen LogP contribution in [-0.4, -0.2) is 78.8 Å². The van der Waals surface area contributed by atoms with E-state index < -0.39 is 0 Å².